The van der Waals surface area contributed by atoms with E-state index >= 15 is 0 Å². The third-order valence-electron chi connectivity index (χ3n) is 5.56. The van der Waals surface area contributed by atoms with Crippen molar-refractivity contribution < 1.29 is 24.5 Å². The van der Waals surface area contributed by atoms with Crippen molar-refractivity contribution in [1.82, 2.24) is 0 Å². The van der Waals surface area contributed by atoms with E-state index in [0.29, 0.717) is 32.1 Å². The molecule has 0 bridgehead atoms. The van der Waals surface area contributed by atoms with Gasteiger partial charge < -0.3 is 14.9 Å². The smallest absolute Gasteiger partial charge is 0.305 e. The van der Waals surface area contributed by atoms with Gasteiger partial charge in [-0.2, -0.15) is 0 Å². The van der Waals surface area contributed by atoms with E-state index in [0.717, 1.165) is 19.3 Å². The Morgan fingerprint density at radius 2 is 2.00 bits per heavy atom. The summed E-state index contributed by atoms with van der Waals surface area (Å²) in [5.74, 6) is 5.09. The number of hydrogen-bond acceptors (Lipinski definition) is 5. The topological polar surface area (TPSA) is 83.8 Å². The number of carbonyl (C=O) groups excluding carboxylic acids is 2. The SMILES string of the molecule is CCCCCC(O)/C=C/[C@@H]1[C@@H](CC#CCCCC(=O)OC)C(=O)C(C)(C)[C@H]1O. The second-order valence-corrected chi connectivity index (χ2v) is 8.15. The molecule has 0 spiro atoms. The number of aliphatic hydroxyl groups excluding tert-OH is 2. The van der Waals surface area contributed by atoms with Gasteiger partial charge in [-0.1, -0.05) is 52.2 Å². The van der Waals surface area contributed by atoms with E-state index < -0.39 is 17.6 Å². The van der Waals surface area contributed by atoms with Gasteiger partial charge in [-0.15, -0.1) is 11.8 Å². The lowest BCUT2D eigenvalue weighted by molar-refractivity contribution is -0.140. The molecule has 0 amide bonds. The molecule has 1 aliphatic carbocycles. The van der Waals surface area contributed by atoms with Crippen LogP contribution >= 0.6 is 0 Å². The lowest BCUT2D eigenvalue weighted by Gasteiger charge is -2.22. The van der Waals surface area contributed by atoms with Crippen LogP contribution in [0.2, 0.25) is 0 Å². The van der Waals surface area contributed by atoms with Crippen LogP contribution in [-0.2, 0) is 14.3 Å². The van der Waals surface area contributed by atoms with Gasteiger partial charge in [0.25, 0.3) is 0 Å². The monoisotopic (exact) mass is 392 g/mol. The number of Topliss-reactive ketones (excluding diaryl/α,β-unsaturated/α-hetero) is 1. The maximum Gasteiger partial charge on any atom is 0.305 e. The van der Waals surface area contributed by atoms with Crippen molar-refractivity contribution >= 4 is 11.8 Å². The first-order chi connectivity index (χ1) is 13.3. The fourth-order valence-electron chi connectivity index (χ4n) is 3.62. The Bertz CT molecular complexity index is 596. The van der Waals surface area contributed by atoms with Gasteiger partial charge in [-0.25, -0.2) is 0 Å². The van der Waals surface area contributed by atoms with Crippen LogP contribution in [0.4, 0.5) is 0 Å². The molecule has 0 saturated heterocycles. The van der Waals surface area contributed by atoms with Gasteiger partial charge in [0.2, 0.25) is 0 Å². The summed E-state index contributed by atoms with van der Waals surface area (Å²) in [4.78, 5) is 23.9. The molecule has 1 saturated carbocycles. The number of unbranched alkanes of at least 4 members (excludes halogenated alkanes) is 3. The average Bonchev–Trinajstić information content (AvgIpc) is 2.82. The fourth-order valence-corrected chi connectivity index (χ4v) is 3.62. The molecular formula is C23H36O5. The number of ether oxygens (including phenoxy) is 1. The normalized spacial score (nSPS) is 24.8. The average molecular weight is 393 g/mol. The highest BCUT2D eigenvalue weighted by atomic mass is 16.5. The molecule has 1 rings (SSSR count). The molecule has 0 aromatic carbocycles. The number of rotatable bonds is 10. The molecule has 1 fully saturated rings. The second kappa shape index (κ2) is 12.0. The maximum atomic E-state index is 12.8. The Balaban J connectivity index is 2.69. The van der Waals surface area contributed by atoms with E-state index in [1.54, 1.807) is 26.0 Å². The minimum atomic E-state index is -0.820. The molecule has 4 atom stereocenters. The Hall–Kier alpha value is -1.64. The van der Waals surface area contributed by atoms with Crippen molar-refractivity contribution in [2.45, 2.75) is 84.3 Å². The van der Waals surface area contributed by atoms with Gasteiger partial charge in [0.05, 0.1) is 24.7 Å². The predicted molar refractivity (Wildman–Crippen MR) is 109 cm³/mol. The van der Waals surface area contributed by atoms with Crippen LogP contribution in [-0.4, -0.2) is 41.3 Å². The van der Waals surface area contributed by atoms with Gasteiger partial charge in [0.15, 0.2) is 0 Å². The summed E-state index contributed by atoms with van der Waals surface area (Å²) < 4.78 is 4.59. The lowest BCUT2D eigenvalue weighted by Crippen LogP contribution is -2.31. The zero-order valence-corrected chi connectivity index (χ0v) is 17.7. The number of esters is 1. The number of carbonyl (C=O) groups is 2. The van der Waals surface area contributed by atoms with E-state index in [1.807, 2.05) is 0 Å². The molecule has 5 heteroatoms. The van der Waals surface area contributed by atoms with E-state index in [4.69, 9.17) is 0 Å². The molecule has 5 nitrogen and oxygen atoms in total. The predicted octanol–water partition coefficient (Wildman–Crippen LogP) is 3.42. The summed E-state index contributed by atoms with van der Waals surface area (Å²) in [6.45, 7) is 5.65. The number of aliphatic hydroxyl groups is 2. The highest BCUT2D eigenvalue weighted by Crippen LogP contribution is 2.44. The van der Waals surface area contributed by atoms with Gasteiger partial charge in [-0.3, -0.25) is 9.59 Å². The Labute approximate surface area is 169 Å². The van der Waals surface area contributed by atoms with Crippen LogP contribution in [0.5, 0.6) is 0 Å². The van der Waals surface area contributed by atoms with Crippen LogP contribution in [0.25, 0.3) is 0 Å². The number of methoxy groups -OCH3 is 1. The zero-order chi connectivity index (χ0) is 21.2. The molecule has 0 aromatic rings. The molecule has 2 N–H and O–H groups in total. The van der Waals surface area contributed by atoms with E-state index in [9.17, 15) is 19.8 Å². The van der Waals surface area contributed by atoms with Gasteiger partial charge in [-0.05, 0) is 12.8 Å². The summed E-state index contributed by atoms with van der Waals surface area (Å²) in [5, 5.41) is 20.8. The van der Waals surface area contributed by atoms with Crippen molar-refractivity contribution in [3.8, 4) is 11.8 Å². The lowest BCUT2D eigenvalue weighted by atomic mass is 9.86. The first kappa shape index (κ1) is 24.4. The Kier molecular flexibility index (Phi) is 10.5. The van der Waals surface area contributed by atoms with Crippen LogP contribution in [0.15, 0.2) is 12.2 Å². The van der Waals surface area contributed by atoms with Gasteiger partial charge >= 0.3 is 5.97 Å². The summed E-state index contributed by atoms with van der Waals surface area (Å²) >= 11 is 0. The first-order valence-electron chi connectivity index (χ1n) is 10.4. The molecule has 1 aliphatic rings. The van der Waals surface area contributed by atoms with Crippen molar-refractivity contribution in [3.05, 3.63) is 12.2 Å². The molecule has 158 valence electrons. The fraction of sp³-hybridized carbons (Fsp3) is 0.739. The van der Waals surface area contributed by atoms with Gasteiger partial charge in [0, 0.05) is 31.1 Å². The molecule has 28 heavy (non-hydrogen) atoms. The minimum absolute atomic E-state index is 0.0129. The Morgan fingerprint density at radius 3 is 2.64 bits per heavy atom. The molecule has 0 aliphatic heterocycles. The number of ketones is 1. The first-order valence-corrected chi connectivity index (χ1v) is 10.4. The summed E-state index contributed by atoms with van der Waals surface area (Å²) in [7, 11) is 1.36. The number of hydrogen-bond donors (Lipinski definition) is 2. The van der Waals surface area contributed by atoms with E-state index in [1.165, 1.54) is 7.11 Å². The maximum absolute atomic E-state index is 12.8. The summed E-state index contributed by atoms with van der Waals surface area (Å²) in [6.07, 6.45) is 7.91. The molecular weight excluding hydrogens is 356 g/mol. The molecule has 0 aromatic heterocycles. The van der Waals surface area contributed by atoms with E-state index in [-0.39, 0.29) is 23.6 Å². The minimum Gasteiger partial charge on any atom is -0.469 e. The van der Waals surface area contributed by atoms with Crippen molar-refractivity contribution in [2.24, 2.45) is 17.3 Å². The van der Waals surface area contributed by atoms with Crippen molar-refractivity contribution in [2.75, 3.05) is 7.11 Å². The van der Waals surface area contributed by atoms with Crippen LogP contribution in [0.1, 0.15) is 72.1 Å². The third-order valence-corrected chi connectivity index (χ3v) is 5.56. The summed E-state index contributed by atoms with van der Waals surface area (Å²) in [6, 6.07) is 0. The second-order valence-electron chi connectivity index (χ2n) is 8.15. The van der Waals surface area contributed by atoms with Crippen LogP contribution < -0.4 is 0 Å². The van der Waals surface area contributed by atoms with Crippen LogP contribution in [0.3, 0.4) is 0 Å². The highest BCUT2D eigenvalue weighted by Gasteiger charge is 2.52. The third kappa shape index (κ3) is 7.07. The Morgan fingerprint density at radius 1 is 1.29 bits per heavy atom. The zero-order valence-electron chi connectivity index (χ0n) is 17.7. The molecule has 0 radical (unpaired) electrons. The largest absolute Gasteiger partial charge is 0.469 e. The van der Waals surface area contributed by atoms with Gasteiger partial charge in [0.1, 0.15) is 5.78 Å². The quantitative estimate of drug-likeness (QED) is 0.258. The van der Waals surface area contributed by atoms with Crippen LogP contribution in [0, 0.1) is 29.1 Å². The molecule has 0 heterocycles. The summed E-state index contributed by atoms with van der Waals surface area (Å²) in [5.41, 5.74) is -0.820. The van der Waals surface area contributed by atoms with Crippen molar-refractivity contribution in [3.63, 3.8) is 0 Å². The van der Waals surface area contributed by atoms with Crippen molar-refractivity contribution in [1.29, 1.82) is 0 Å². The molecule has 1 unspecified atom stereocenters. The standard InChI is InChI=1S/C23H36O5/c1-5-6-9-12-17(24)15-16-19-18(21(26)23(2,3)22(19)27)13-10-7-8-11-14-20(25)28-4/h15-19,22,24,27H,5-6,8-9,11-14H2,1-4H3/b16-15+/t17?,18-,19-,22+/m1/s1. The van der Waals surface area contributed by atoms with E-state index in [2.05, 4.69) is 23.5 Å². The highest BCUT2D eigenvalue weighted by molar-refractivity contribution is 5.90.